The normalized spacial score (nSPS) is 14.3. The number of unbranched alkanes of at least 4 members (excludes halogenated alkanes) is 29. The predicted molar refractivity (Wildman–Crippen MR) is 242 cm³/mol. The molecule has 4 unspecified atom stereocenters. The van der Waals surface area contributed by atoms with Gasteiger partial charge in [0, 0.05) is 0 Å². The lowest BCUT2D eigenvalue weighted by atomic mass is 10.00. The number of carbonyl (C=O) groups is 1. The molecular formula is C50H95NO5. The molecule has 4 atom stereocenters. The zero-order chi connectivity index (χ0) is 41.0. The Morgan fingerprint density at radius 2 is 0.750 bits per heavy atom. The van der Waals surface area contributed by atoms with E-state index in [2.05, 4.69) is 55.6 Å². The van der Waals surface area contributed by atoms with Crippen molar-refractivity contribution >= 4 is 5.91 Å². The van der Waals surface area contributed by atoms with Crippen molar-refractivity contribution in [3.8, 4) is 0 Å². The third-order valence-electron chi connectivity index (χ3n) is 11.3. The smallest absolute Gasteiger partial charge is 0.249 e. The molecule has 5 N–H and O–H groups in total. The van der Waals surface area contributed by atoms with Crippen molar-refractivity contribution in [3.63, 3.8) is 0 Å². The number of carbonyl (C=O) groups excluding carboxylic acids is 1. The zero-order valence-corrected chi connectivity index (χ0v) is 37.1. The highest BCUT2D eigenvalue weighted by molar-refractivity contribution is 5.80. The molecular weight excluding hydrogens is 695 g/mol. The fraction of sp³-hybridized carbons (Fsp3) is 0.860. The van der Waals surface area contributed by atoms with E-state index in [4.69, 9.17) is 0 Å². The van der Waals surface area contributed by atoms with Gasteiger partial charge in [-0.05, 0) is 77.0 Å². The van der Waals surface area contributed by atoms with Crippen LogP contribution in [0.1, 0.15) is 245 Å². The Bertz CT molecular complexity index is 889. The fourth-order valence-corrected chi connectivity index (χ4v) is 7.42. The Morgan fingerprint density at radius 3 is 1.14 bits per heavy atom. The second kappa shape index (κ2) is 44.6. The Labute approximate surface area is 347 Å². The first-order valence-electron chi connectivity index (χ1n) is 24.4. The molecule has 0 aromatic heterocycles. The van der Waals surface area contributed by atoms with E-state index >= 15 is 0 Å². The summed E-state index contributed by atoms with van der Waals surface area (Å²) < 4.78 is 0. The van der Waals surface area contributed by atoms with Gasteiger partial charge in [-0.3, -0.25) is 4.79 Å². The maximum absolute atomic E-state index is 12.5. The number of rotatable bonds is 44. The Morgan fingerprint density at radius 1 is 0.429 bits per heavy atom. The van der Waals surface area contributed by atoms with Crippen molar-refractivity contribution in [2.24, 2.45) is 0 Å². The number of allylic oxidation sites excluding steroid dienone is 6. The van der Waals surface area contributed by atoms with Crippen molar-refractivity contribution in [1.29, 1.82) is 0 Å². The van der Waals surface area contributed by atoms with Crippen LogP contribution in [-0.2, 0) is 4.79 Å². The van der Waals surface area contributed by atoms with Crippen LogP contribution in [-0.4, -0.2) is 57.3 Å². The molecule has 0 heterocycles. The van der Waals surface area contributed by atoms with Gasteiger partial charge in [0.05, 0.1) is 18.8 Å². The summed E-state index contributed by atoms with van der Waals surface area (Å²) in [6, 6.07) is -1.01. The van der Waals surface area contributed by atoms with Gasteiger partial charge in [-0.15, -0.1) is 0 Å². The average molecular weight is 790 g/mol. The highest BCUT2D eigenvalue weighted by Crippen LogP contribution is 2.16. The van der Waals surface area contributed by atoms with Crippen molar-refractivity contribution in [2.75, 3.05) is 6.61 Å². The molecule has 0 radical (unpaired) electrons. The second-order valence-corrected chi connectivity index (χ2v) is 16.8. The van der Waals surface area contributed by atoms with E-state index < -0.39 is 36.9 Å². The summed E-state index contributed by atoms with van der Waals surface area (Å²) in [7, 11) is 0. The maximum Gasteiger partial charge on any atom is 0.249 e. The van der Waals surface area contributed by atoms with Crippen LogP contribution in [0.3, 0.4) is 0 Å². The third kappa shape index (κ3) is 38.1. The first-order chi connectivity index (χ1) is 27.5. The molecule has 0 rings (SSSR count). The molecule has 0 aromatic carbocycles. The fourth-order valence-electron chi connectivity index (χ4n) is 7.42. The molecule has 0 aliphatic rings. The van der Waals surface area contributed by atoms with Crippen LogP contribution >= 0.6 is 0 Å². The van der Waals surface area contributed by atoms with E-state index in [1.165, 1.54) is 161 Å². The molecule has 0 spiro atoms. The predicted octanol–water partition coefficient (Wildman–Crippen LogP) is 13.3. The zero-order valence-electron chi connectivity index (χ0n) is 37.1. The molecule has 0 aliphatic heterocycles. The quantitative estimate of drug-likeness (QED) is 0.0312. The average Bonchev–Trinajstić information content (AvgIpc) is 3.20. The van der Waals surface area contributed by atoms with Gasteiger partial charge in [-0.25, -0.2) is 0 Å². The molecule has 0 aromatic rings. The number of aliphatic hydroxyl groups is 4. The lowest BCUT2D eigenvalue weighted by Gasteiger charge is -2.27. The van der Waals surface area contributed by atoms with Gasteiger partial charge in [0.1, 0.15) is 12.2 Å². The van der Waals surface area contributed by atoms with E-state index in [1.54, 1.807) is 0 Å². The van der Waals surface area contributed by atoms with Gasteiger partial charge in [-0.2, -0.15) is 0 Å². The maximum atomic E-state index is 12.5. The number of hydrogen-bond acceptors (Lipinski definition) is 5. The highest BCUT2D eigenvalue weighted by Gasteiger charge is 2.28. The molecule has 0 saturated carbocycles. The summed E-state index contributed by atoms with van der Waals surface area (Å²) in [4.78, 5) is 12.5. The second-order valence-electron chi connectivity index (χ2n) is 16.8. The van der Waals surface area contributed by atoms with Gasteiger partial charge in [0.2, 0.25) is 5.91 Å². The van der Waals surface area contributed by atoms with Crippen LogP contribution in [0.25, 0.3) is 0 Å². The number of amides is 1. The van der Waals surface area contributed by atoms with Crippen molar-refractivity contribution in [1.82, 2.24) is 5.32 Å². The minimum absolute atomic E-state index is 0.352. The van der Waals surface area contributed by atoms with Gasteiger partial charge in [0.15, 0.2) is 0 Å². The van der Waals surface area contributed by atoms with Crippen LogP contribution in [0.5, 0.6) is 0 Å². The minimum atomic E-state index is -1.29. The van der Waals surface area contributed by atoms with E-state index in [9.17, 15) is 25.2 Å². The summed E-state index contributed by atoms with van der Waals surface area (Å²) in [6.07, 6.45) is 53.4. The number of nitrogens with one attached hydrogen (secondary N) is 1. The molecule has 0 aliphatic carbocycles. The molecule has 6 heteroatoms. The highest BCUT2D eigenvalue weighted by atomic mass is 16.3. The molecule has 6 nitrogen and oxygen atoms in total. The largest absolute Gasteiger partial charge is 0.394 e. The van der Waals surface area contributed by atoms with E-state index in [0.29, 0.717) is 19.3 Å². The lowest BCUT2D eigenvalue weighted by molar-refractivity contribution is -0.132. The van der Waals surface area contributed by atoms with Crippen LogP contribution in [0.2, 0.25) is 0 Å². The molecule has 330 valence electrons. The first-order valence-corrected chi connectivity index (χ1v) is 24.4. The van der Waals surface area contributed by atoms with Crippen molar-refractivity contribution < 1.29 is 25.2 Å². The molecule has 56 heavy (non-hydrogen) atoms. The van der Waals surface area contributed by atoms with Gasteiger partial charge in [0.25, 0.3) is 0 Å². The molecule has 0 fully saturated rings. The summed E-state index contributed by atoms with van der Waals surface area (Å²) >= 11 is 0. The minimum Gasteiger partial charge on any atom is -0.394 e. The third-order valence-corrected chi connectivity index (χ3v) is 11.3. The molecule has 0 saturated heterocycles. The van der Waals surface area contributed by atoms with Crippen LogP contribution < -0.4 is 5.32 Å². The van der Waals surface area contributed by atoms with Crippen LogP contribution in [0.4, 0.5) is 0 Å². The van der Waals surface area contributed by atoms with Gasteiger partial charge >= 0.3 is 0 Å². The number of aliphatic hydroxyl groups excluding tert-OH is 4. The van der Waals surface area contributed by atoms with Crippen LogP contribution in [0.15, 0.2) is 36.5 Å². The van der Waals surface area contributed by atoms with Crippen LogP contribution in [0, 0.1) is 0 Å². The van der Waals surface area contributed by atoms with E-state index in [-0.39, 0.29) is 0 Å². The van der Waals surface area contributed by atoms with Crippen molar-refractivity contribution in [2.45, 2.75) is 269 Å². The van der Waals surface area contributed by atoms with Gasteiger partial charge in [-0.1, -0.05) is 204 Å². The lowest BCUT2D eigenvalue weighted by Crippen LogP contribution is -2.53. The van der Waals surface area contributed by atoms with Crippen molar-refractivity contribution in [3.05, 3.63) is 36.5 Å². The summed E-state index contributed by atoms with van der Waals surface area (Å²) in [5.41, 5.74) is 0. The Hall–Kier alpha value is -1.47. The van der Waals surface area contributed by atoms with E-state index in [1.807, 2.05) is 0 Å². The molecule has 0 bridgehead atoms. The number of hydrogen-bond donors (Lipinski definition) is 5. The SMILES string of the molecule is CCCCCC/C=C\CCCCCCCCC(O)C(=O)NC(CO)C(O)C(O)CCC/C=C/CC/C=C/CCCCCCCCCCCCCCCCCCC. The Balaban J connectivity index is 3.73. The summed E-state index contributed by atoms with van der Waals surface area (Å²) in [5, 5.41) is 43.7. The monoisotopic (exact) mass is 790 g/mol. The first kappa shape index (κ1) is 54.5. The van der Waals surface area contributed by atoms with E-state index in [0.717, 1.165) is 51.4 Å². The topological polar surface area (TPSA) is 110 Å². The molecule has 1 amide bonds. The Kier molecular flexibility index (Phi) is 43.5. The summed E-state index contributed by atoms with van der Waals surface area (Å²) in [6.45, 7) is 4.03. The standard InChI is InChI=1S/C50H95NO5/c1-3-5-7-9-11-13-15-17-19-20-21-22-23-24-25-26-27-28-29-30-32-33-35-37-39-41-43-47(53)49(55)46(45-52)51-50(56)48(54)44-42-40-38-36-34-31-18-16-14-12-10-8-6-4-2/h14,16,29-30,35,37,46-49,52-55H,3-13,15,17-28,31-34,36,38-45H2,1-2H3,(H,51,56)/b16-14-,30-29+,37-35+. The van der Waals surface area contributed by atoms with Gasteiger partial charge < -0.3 is 25.7 Å². The summed E-state index contributed by atoms with van der Waals surface area (Å²) in [5.74, 6) is -0.603.